The summed E-state index contributed by atoms with van der Waals surface area (Å²) >= 11 is 1.47. The van der Waals surface area contributed by atoms with Gasteiger partial charge in [-0.1, -0.05) is 18.2 Å². The van der Waals surface area contributed by atoms with Gasteiger partial charge in [0.2, 0.25) is 12.7 Å². The average molecular weight is 464 g/mol. The van der Waals surface area contributed by atoms with Gasteiger partial charge in [0, 0.05) is 11.2 Å². The summed E-state index contributed by atoms with van der Waals surface area (Å²) in [5, 5.41) is -0.284. The van der Waals surface area contributed by atoms with E-state index in [1.165, 1.54) is 16.7 Å². The molecule has 3 rings (SSSR count). The van der Waals surface area contributed by atoms with Gasteiger partial charge in [0.15, 0.2) is 5.78 Å². The van der Waals surface area contributed by atoms with E-state index in [2.05, 4.69) is 0 Å². The van der Waals surface area contributed by atoms with E-state index in [1.807, 2.05) is 32.0 Å². The van der Waals surface area contributed by atoms with Crippen LogP contribution in [0.5, 0.6) is 5.75 Å². The first kappa shape index (κ1) is 24.1. The third kappa shape index (κ3) is 5.09. The van der Waals surface area contributed by atoms with Crippen LogP contribution in [-0.4, -0.2) is 58.1 Å². The molecule has 2 aliphatic heterocycles. The lowest BCUT2D eigenvalue weighted by atomic mass is 9.88. The predicted octanol–water partition coefficient (Wildman–Crippen LogP) is 2.79. The summed E-state index contributed by atoms with van der Waals surface area (Å²) in [7, 11) is 0. The number of Topliss-reactive ketones (excluding diaryl/α,β-unsaturated/α-hetero) is 1. The molecule has 9 heteroatoms. The fourth-order valence-electron chi connectivity index (χ4n) is 3.68. The summed E-state index contributed by atoms with van der Waals surface area (Å²) < 4.78 is 15.0. The second-order valence-electron chi connectivity index (χ2n) is 9.47. The molecule has 174 valence electrons. The molecule has 2 heterocycles. The van der Waals surface area contributed by atoms with Crippen molar-refractivity contribution in [2.24, 2.45) is 11.3 Å². The second-order valence-corrected chi connectivity index (χ2v) is 11.2. The van der Waals surface area contributed by atoms with Gasteiger partial charge in [-0.2, -0.15) is 0 Å². The van der Waals surface area contributed by atoms with Crippen molar-refractivity contribution in [1.82, 2.24) is 4.90 Å². The van der Waals surface area contributed by atoms with Gasteiger partial charge in [-0.15, -0.1) is 11.8 Å². The van der Waals surface area contributed by atoms with Crippen LogP contribution in [0, 0.1) is 11.3 Å². The predicted molar refractivity (Wildman–Crippen MR) is 118 cm³/mol. The number of β-lactam (4-membered cyclic amide) rings is 1. The number of carbonyl (C=O) groups is 4. The molecule has 2 aliphatic rings. The van der Waals surface area contributed by atoms with Gasteiger partial charge < -0.3 is 19.1 Å². The number of para-hydroxylation sites is 1. The van der Waals surface area contributed by atoms with Crippen molar-refractivity contribution in [3.05, 3.63) is 30.3 Å². The fourth-order valence-corrected chi connectivity index (χ4v) is 5.36. The van der Waals surface area contributed by atoms with Crippen molar-refractivity contribution in [1.29, 1.82) is 0 Å². The number of carbonyl (C=O) groups excluding carboxylic acids is 4. The van der Waals surface area contributed by atoms with Crippen LogP contribution in [0.3, 0.4) is 0 Å². The highest BCUT2D eigenvalue weighted by Gasteiger charge is 2.64. The number of thioether (sulfide) groups is 1. The quantitative estimate of drug-likeness (QED) is 0.330. The number of esters is 2. The minimum atomic E-state index is -0.815. The minimum absolute atomic E-state index is 0.0564. The molecular weight excluding hydrogens is 434 g/mol. The number of nitrogens with zero attached hydrogens (tertiary/aromatic N) is 1. The Labute approximate surface area is 191 Å². The first-order valence-corrected chi connectivity index (χ1v) is 11.3. The van der Waals surface area contributed by atoms with Crippen molar-refractivity contribution >= 4 is 35.4 Å². The summed E-state index contributed by atoms with van der Waals surface area (Å²) in [6.07, 6.45) is 0.0564. The van der Waals surface area contributed by atoms with Crippen molar-refractivity contribution in [2.75, 3.05) is 13.4 Å². The van der Waals surface area contributed by atoms with Crippen LogP contribution in [0.25, 0.3) is 0 Å². The maximum absolute atomic E-state index is 12.8. The summed E-state index contributed by atoms with van der Waals surface area (Å²) in [4.78, 5) is 51.2. The van der Waals surface area contributed by atoms with Crippen LogP contribution in [0.1, 0.15) is 41.0 Å². The van der Waals surface area contributed by atoms with Crippen molar-refractivity contribution < 1.29 is 33.4 Å². The van der Waals surface area contributed by atoms with E-state index in [0.29, 0.717) is 5.75 Å². The Morgan fingerprint density at radius 3 is 2.38 bits per heavy atom. The third-order valence-electron chi connectivity index (χ3n) is 5.37. The van der Waals surface area contributed by atoms with Gasteiger partial charge in [0.1, 0.15) is 18.4 Å². The molecule has 2 saturated heterocycles. The Hall–Kier alpha value is -2.55. The third-order valence-corrected chi connectivity index (χ3v) is 7.00. The molecule has 32 heavy (non-hydrogen) atoms. The Balaban J connectivity index is 1.54. The van der Waals surface area contributed by atoms with Gasteiger partial charge in [-0.05, 0) is 46.8 Å². The van der Waals surface area contributed by atoms with Gasteiger partial charge >= 0.3 is 11.9 Å². The Morgan fingerprint density at radius 2 is 1.75 bits per heavy atom. The maximum Gasteiger partial charge on any atom is 0.333 e. The highest BCUT2D eigenvalue weighted by molar-refractivity contribution is 8.01. The standard InChI is InChI=1S/C23H29NO7S/c1-22(2,3)21(28)31-13-30-20(27)17-23(4,5)32-19-16(18(26)24(17)19)11-14(25)12-29-15-9-7-6-8-10-15/h6-10,16-17,19H,11-13H2,1-5H3/t16-,17+,19-/m1/s1. The largest absolute Gasteiger partial charge is 0.486 e. The minimum Gasteiger partial charge on any atom is -0.486 e. The first-order valence-electron chi connectivity index (χ1n) is 10.5. The van der Waals surface area contributed by atoms with Gasteiger partial charge in [0.25, 0.3) is 0 Å². The molecule has 0 aliphatic carbocycles. The van der Waals surface area contributed by atoms with Crippen molar-refractivity contribution in [3.63, 3.8) is 0 Å². The van der Waals surface area contributed by atoms with Crippen LogP contribution in [0.15, 0.2) is 30.3 Å². The van der Waals surface area contributed by atoms with Crippen LogP contribution >= 0.6 is 11.8 Å². The molecule has 0 bridgehead atoms. The summed E-state index contributed by atoms with van der Waals surface area (Å²) in [5.41, 5.74) is -0.711. The van der Waals surface area contributed by atoms with Crippen LogP contribution < -0.4 is 4.74 Å². The van der Waals surface area contributed by atoms with E-state index in [9.17, 15) is 19.2 Å². The van der Waals surface area contributed by atoms with E-state index in [1.54, 1.807) is 32.9 Å². The zero-order valence-electron chi connectivity index (χ0n) is 19.0. The van der Waals surface area contributed by atoms with Crippen LogP contribution in [0.4, 0.5) is 0 Å². The number of ketones is 1. The molecule has 0 radical (unpaired) electrons. The molecule has 0 aromatic heterocycles. The Bertz CT molecular complexity index is 893. The topological polar surface area (TPSA) is 99.2 Å². The summed E-state index contributed by atoms with van der Waals surface area (Å²) in [5.74, 6) is -1.45. The number of hydrogen-bond donors (Lipinski definition) is 0. The number of benzene rings is 1. The lowest BCUT2D eigenvalue weighted by Gasteiger charge is -2.43. The Morgan fingerprint density at radius 1 is 1.09 bits per heavy atom. The van der Waals surface area contributed by atoms with Gasteiger partial charge in [-0.3, -0.25) is 14.4 Å². The van der Waals surface area contributed by atoms with E-state index in [4.69, 9.17) is 14.2 Å². The second kappa shape index (κ2) is 9.13. The maximum atomic E-state index is 12.8. The molecule has 0 N–H and O–H groups in total. The van der Waals surface area contributed by atoms with E-state index in [-0.39, 0.29) is 30.1 Å². The molecule has 3 atom stereocenters. The van der Waals surface area contributed by atoms with Crippen LogP contribution in [-0.2, 0) is 28.7 Å². The van der Waals surface area contributed by atoms with Gasteiger partial charge in [0.05, 0.1) is 16.7 Å². The van der Waals surface area contributed by atoms with Gasteiger partial charge in [-0.25, -0.2) is 4.79 Å². The molecule has 1 aromatic rings. The molecule has 2 fully saturated rings. The number of rotatable bonds is 8. The number of hydrogen-bond acceptors (Lipinski definition) is 8. The number of ether oxygens (including phenoxy) is 3. The first-order chi connectivity index (χ1) is 14.9. The Kier molecular flexibility index (Phi) is 6.88. The average Bonchev–Trinajstić information content (AvgIpc) is 2.98. The lowest BCUT2D eigenvalue weighted by Crippen LogP contribution is -2.63. The van der Waals surface area contributed by atoms with E-state index < -0.39 is 40.9 Å². The van der Waals surface area contributed by atoms with Crippen LogP contribution in [0.2, 0.25) is 0 Å². The normalized spacial score (nSPS) is 23.7. The zero-order chi connectivity index (χ0) is 23.7. The summed E-state index contributed by atoms with van der Waals surface area (Å²) in [6.45, 7) is 8.19. The highest BCUT2D eigenvalue weighted by atomic mass is 32.2. The van der Waals surface area contributed by atoms with Crippen molar-refractivity contribution in [3.8, 4) is 5.75 Å². The molecule has 0 saturated carbocycles. The molecule has 1 aromatic carbocycles. The summed E-state index contributed by atoms with van der Waals surface area (Å²) in [6, 6.07) is 8.18. The van der Waals surface area contributed by atoms with Crippen molar-refractivity contribution in [2.45, 2.75) is 57.2 Å². The smallest absolute Gasteiger partial charge is 0.333 e. The van der Waals surface area contributed by atoms with E-state index in [0.717, 1.165) is 0 Å². The molecule has 0 unspecified atom stereocenters. The molecular formula is C23H29NO7S. The molecule has 1 amide bonds. The van der Waals surface area contributed by atoms with E-state index >= 15 is 0 Å². The number of amides is 1. The monoisotopic (exact) mass is 463 g/mol. The lowest BCUT2D eigenvalue weighted by molar-refractivity contribution is -0.181. The fraction of sp³-hybridized carbons (Fsp3) is 0.565. The zero-order valence-corrected chi connectivity index (χ0v) is 19.8. The number of fused-ring (bicyclic) bond motifs is 1. The molecule has 0 spiro atoms. The highest BCUT2D eigenvalue weighted by Crippen LogP contribution is 2.54. The molecule has 8 nitrogen and oxygen atoms in total. The SMILES string of the molecule is CC(C)(C)C(=O)OCOC(=O)[C@@H]1N2C(=O)[C@@H](CC(=O)COc3ccccc3)[C@H]2SC1(C)C.